The number of aromatic amines is 1. The van der Waals surface area contributed by atoms with Gasteiger partial charge < -0.3 is 25.6 Å². The number of aromatic nitrogens is 1. The van der Waals surface area contributed by atoms with Crippen LogP contribution in [-0.4, -0.2) is 53.5 Å². The van der Waals surface area contributed by atoms with Crippen molar-refractivity contribution in [2.45, 2.75) is 6.92 Å². The molecule has 1 heterocycles. The Morgan fingerprint density at radius 3 is 2.53 bits per heavy atom. The third-order valence-electron chi connectivity index (χ3n) is 2.31. The molecule has 1 aromatic rings. The average molecular weight is 268 g/mol. The zero-order valence-corrected chi connectivity index (χ0v) is 10.9. The lowest BCUT2D eigenvalue weighted by Crippen LogP contribution is -2.38. The van der Waals surface area contributed by atoms with Crippen LogP contribution in [0, 0.1) is 6.92 Å². The summed E-state index contributed by atoms with van der Waals surface area (Å²) in [5, 5.41) is 13.6. The van der Waals surface area contributed by atoms with E-state index >= 15 is 0 Å². The number of nitrogens with one attached hydrogen (secondary N) is 3. The van der Waals surface area contributed by atoms with Crippen LogP contribution in [0.2, 0.25) is 0 Å². The highest BCUT2D eigenvalue weighted by Gasteiger charge is 2.15. The van der Waals surface area contributed by atoms with Crippen molar-refractivity contribution in [3.8, 4) is 0 Å². The Morgan fingerprint density at radius 1 is 1.37 bits per heavy atom. The molecule has 0 fully saturated rings. The lowest BCUT2D eigenvalue weighted by Gasteiger charge is -2.11. The van der Waals surface area contributed by atoms with Crippen LogP contribution < -0.4 is 10.6 Å². The fraction of sp³-hybridized carbons (Fsp3) is 0.364. The van der Waals surface area contributed by atoms with Gasteiger partial charge in [-0.3, -0.25) is 4.79 Å². The maximum atomic E-state index is 11.5. The molecule has 0 unspecified atom stereocenters. The van der Waals surface area contributed by atoms with Gasteiger partial charge in [-0.05, 0) is 13.0 Å². The number of H-pyrrole nitrogens is 1. The number of amides is 3. The first kappa shape index (κ1) is 14.6. The number of carboxylic acids is 1. The summed E-state index contributed by atoms with van der Waals surface area (Å²) in [5.41, 5.74) is 0.656. The van der Waals surface area contributed by atoms with Crippen molar-refractivity contribution in [1.29, 1.82) is 0 Å². The Balaban J connectivity index is 2.62. The van der Waals surface area contributed by atoms with Gasteiger partial charge in [0.2, 0.25) is 5.91 Å². The molecule has 0 aliphatic carbocycles. The van der Waals surface area contributed by atoms with E-state index in [0.717, 1.165) is 0 Å². The van der Waals surface area contributed by atoms with E-state index in [2.05, 4.69) is 15.6 Å². The molecule has 0 aromatic carbocycles. The molecule has 104 valence electrons. The Morgan fingerprint density at radius 2 is 2.00 bits per heavy atom. The van der Waals surface area contributed by atoms with E-state index in [4.69, 9.17) is 5.11 Å². The van der Waals surface area contributed by atoms with Crippen molar-refractivity contribution in [3.05, 3.63) is 17.5 Å². The summed E-state index contributed by atoms with van der Waals surface area (Å²) in [4.78, 5) is 37.6. The van der Waals surface area contributed by atoms with Crippen molar-refractivity contribution in [1.82, 2.24) is 15.2 Å². The zero-order valence-electron chi connectivity index (χ0n) is 10.9. The quantitative estimate of drug-likeness (QED) is 0.625. The molecular weight excluding hydrogens is 252 g/mol. The second kappa shape index (κ2) is 5.89. The maximum Gasteiger partial charge on any atom is 0.354 e. The van der Waals surface area contributed by atoms with Crippen LogP contribution in [0.1, 0.15) is 16.2 Å². The van der Waals surface area contributed by atoms with Crippen LogP contribution in [0.15, 0.2) is 6.07 Å². The van der Waals surface area contributed by atoms with E-state index in [1.54, 1.807) is 21.0 Å². The van der Waals surface area contributed by atoms with Crippen LogP contribution >= 0.6 is 0 Å². The summed E-state index contributed by atoms with van der Waals surface area (Å²) >= 11 is 0. The van der Waals surface area contributed by atoms with Crippen LogP contribution in [0.3, 0.4) is 0 Å². The van der Waals surface area contributed by atoms with Gasteiger partial charge in [0.25, 0.3) is 0 Å². The smallest absolute Gasteiger partial charge is 0.354 e. The first-order valence-electron chi connectivity index (χ1n) is 5.49. The van der Waals surface area contributed by atoms with E-state index in [1.807, 2.05) is 0 Å². The summed E-state index contributed by atoms with van der Waals surface area (Å²) in [5.74, 6) is -1.44. The number of carbonyl (C=O) groups is 3. The number of carboxylic acid groups (broad SMARTS) is 1. The minimum atomic E-state index is -1.17. The highest BCUT2D eigenvalue weighted by Crippen LogP contribution is 2.16. The number of aryl methyl sites for hydroxylation is 1. The summed E-state index contributed by atoms with van der Waals surface area (Å²) < 4.78 is 0. The molecular formula is C11H16N4O4. The van der Waals surface area contributed by atoms with E-state index < -0.39 is 12.0 Å². The summed E-state index contributed by atoms with van der Waals surface area (Å²) in [6.07, 6.45) is 0. The largest absolute Gasteiger partial charge is 0.477 e. The topological polar surface area (TPSA) is 115 Å². The second-order valence-electron chi connectivity index (χ2n) is 4.14. The number of urea groups is 1. The van der Waals surface area contributed by atoms with Gasteiger partial charge in [0, 0.05) is 19.8 Å². The Kier molecular flexibility index (Phi) is 4.51. The van der Waals surface area contributed by atoms with Crippen LogP contribution in [0.5, 0.6) is 0 Å². The molecule has 0 saturated heterocycles. The molecule has 0 spiro atoms. The number of nitrogens with zero attached hydrogens (tertiary/aromatic N) is 1. The average Bonchev–Trinajstić information content (AvgIpc) is 2.67. The first-order chi connectivity index (χ1) is 8.81. The molecule has 1 aromatic heterocycles. The minimum absolute atomic E-state index is 0.105. The molecule has 19 heavy (non-hydrogen) atoms. The fourth-order valence-corrected chi connectivity index (χ4v) is 1.34. The number of hydrogen-bond acceptors (Lipinski definition) is 3. The lowest BCUT2D eigenvalue weighted by molar-refractivity contribution is -0.127. The van der Waals surface area contributed by atoms with Crippen molar-refractivity contribution < 1.29 is 19.5 Å². The van der Waals surface area contributed by atoms with E-state index in [9.17, 15) is 14.4 Å². The number of rotatable bonds is 4. The van der Waals surface area contributed by atoms with Crippen molar-refractivity contribution >= 4 is 23.6 Å². The Bertz CT molecular complexity index is 507. The lowest BCUT2D eigenvalue weighted by atomic mass is 10.3. The standard InChI is InChI=1S/C11H16N4O4/c1-6-4-7(9(13-6)10(17)18)14-11(19)12-5-8(16)15(2)3/h4,13H,5H2,1-3H3,(H,17,18)(H2,12,14,19). The number of likely N-dealkylation sites (N-methyl/N-ethyl adjacent to an activating group) is 1. The van der Waals surface area contributed by atoms with Crippen LogP contribution in [-0.2, 0) is 4.79 Å². The van der Waals surface area contributed by atoms with Crippen molar-refractivity contribution in [3.63, 3.8) is 0 Å². The van der Waals surface area contributed by atoms with Crippen LogP contribution in [0.4, 0.5) is 10.5 Å². The Hall–Kier alpha value is -2.51. The van der Waals surface area contributed by atoms with Crippen molar-refractivity contribution in [2.75, 3.05) is 26.0 Å². The summed E-state index contributed by atoms with van der Waals surface area (Å²) in [6.45, 7) is 1.51. The normalized spacial score (nSPS) is 9.84. The van der Waals surface area contributed by atoms with Gasteiger partial charge in [0.05, 0.1) is 12.2 Å². The molecule has 0 atom stereocenters. The maximum absolute atomic E-state index is 11.5. The number of anilines is 1. The second-order valence-corrected chi connectivity index (χ2v) is 4.14. The SMILES string of the molecule is Cc1cc(NC(=O)NCC(=O)N(C)C)c(C(=O)O)[nH]1. The molecule has 0 radical (unpaired) electrons. The van der Waals surface area contributed by atoms with E-state index in [-0.39, 0.29) is 23.8 Å². The predicted octanol–water partition coefficient (Wildman–Crippen LogP) is 0.231. The first-order valence-corrected chi connectivity index (χ1v) is 5.49. The highest BCUT2D eigenvalue weighted by molar-refractivity contribution is 5.99. The molecule has 0 bridgehead atoms. The van der Waals surface area contributed by atoms with Gasteiger partial charge in [-0.2, -0.15) is 0 Å². The Labute approximate surface area is 109 Å². The molecule has 3 amide bonds. The third kappa shape index (κ3) is 4.02. The summed E-state index contributed by atoms with van der Waals surface area (Å²) in [7, 11) is 3.14. The molecule has 0 saturated carbocycles. The molecule has 0 aliphatic heterocycles. The van der Waals surface area contributed by atoms with Gasteiger partial charge in [-0.1, -0.05) is 0 Å². The van der Waals surface area contributed by atoms with Crippen molar-refractivity contribution in [2.24, 2.45) is 0 Å². The zero-order chi connectivity index (χ0) is 14.6. The molecule has 0 aliphatic rings. The van der Waals surface area contributed by atoms with Crippen LogP contribution in [0.25, 0.3) is 0 Å². The van der Waals surface area contributed by atoms with E-state index in [0.29, 0.717) is 5.69 Å². The highest BCUT2D eigenvalue weighted by atomic mass is 16.4. The van der Waals surface area contributed by atoms with Gasteiger partial charge in [-0.25, -0.2) is 9.59 Å². The predicted molar refractivity (Wildman–Crippen MR) is 68.2 cm³/mol. The number of carbonyl (C=O) groups excluding carboxylic acids is 2. The number of hydrogen-bond donors (Lipinski definition) is 4. The van der Waals surface area contributed by atoms with Gasteiger partial charge in [0.15, 0.2) is 0 Å². The molecule has 1 rings (SSSR count). The van der Waals surface area contributed by atoms with Gasteiger partial charge in [0.1, 0.15) is 5.69 Å². The van der Waals surface area contributed by atoms with Gasteiger partial charge in [-0.15, -0.1) is 0 Å². The van der Waals surface area contributed by atoms with Gasteiger partial charge >= 0.3 is 12.0 Å². The summed E-state index contributed by atoms with van der Waals surface area (Å²) in [6, 6.07) is 0.855. The number of aromatic carboxylic acids is 1. The monoisotopic (exact) mass is 268 g/mol. The fourth-order valence-electron chi connectivity index (χ4n) is 1.34. The molecule has 4 N–H and O–H groups in total. The molecule has 8 nitrogen and oxygen atoms in total. The minimum Gasteiger partial charge on any atom is -0.477 e. The molecule has 8 heteroatoms. The third-order valence-corrected chi connectivity index (χ3v) is 2.31. The van der Waals surface area contributed by atoms with E-state index in [1.165, 1.54) is 11.0 Å².